The Morgan fingerprint density at radius 3 is 2.37 bits per heavy atom. The predicted octanol–water partition coefficient (Wildman–Crippen LogP) is 2.34. The Balaban J connectivity index is 2.65. The number of carbonyl (C=O) groups is 1. The van der Waals surface area contributed by atoms with Crippen molar-refractivity contribution in [2.45, 2.75) is 77.5 Å². The zero-order valence-electron chi connectivity index (χ0n) is 12.8. The van der Waals surface area contributed by atoms with Gasteiger partial charge in [0.2, 0.25) is 0 Å². The number of aliphatic hydroxyl groups is 1. The van der Waals surface area contributed by atoms with Gasteiger partial charge in [-0.25, -0.2) is 0 Å². The second-order valence-corrected chi connectivity index (χ2v) is 6.46. The second-order valence-electron chi connectivity index (χ2n) is 6.46. The lowest BCUT2D eigenvalue weighted by Crippen LogP contribution is -2.49. The smallest absolute Gasteiger partial charge is 0.323 e. The van der Waals surface area contributed by atoms with E-state index in [-0.39, 0.29) is 18.6 Å². The van der Waals surface area contributed by atoms with Crippen LogP contribution >= 0.6 is 0 Å². The van der Waals surface area contributed by atoms with Crippen molar-refractivity contribution in [2.75, 3.05) is 13.2 Å². The highest BCUT2D eigenvalue weighted by Crippen LogP contribution is 2.24. The summed E-state index contributed by atoms with van der Waals surface area (Å²) in [6.45, 7) is 8.17. The molecule has 4 heteroatoms. The summed E-state index contributed by atoms with van der Waals surface area (Å²) in [4.78, 5) is 14.3. The van der Waals surface area contributed by atoms with Crippen LogP contribution in [0.15, 0.2) is 0 Å². The zero-order valence-corrected chi connectivity index (χ0v) is 12.8. The van der Waals surface area contributed by atoms with Crippen LogP contribution < -0.4 is 0 Å². The molecule has 1 N–H and O–H groups in total. The third kappa shape index (κ3) is 5.49. The van der Waals surface area contributed by atoms with Crippen molar-refractivity contribution >= 4 is 5.97 Å². The molecule has 0 aromatic rings. The maximum atomic E-state index is 12.2. The van der Waals surface area contributed by atoms with E-state index in [9.17, 15) is 9.90 Å². The molecule has 0 aliphatic heterocycles. The van der Waals surface area contributed by atoms with E-state index in [4.69, 9.17) is 4.74 Å². The average Bonchev–Trinajstić information content (AvgIpc) is 2.34. The maximum absolute atomic E-state index is 12.2. The highest BCUT2D eigenvalue weighted by molar-refractivity contribution is 5.75. The van der Waals surface area contributed by atoms with Gasteiger partial charge in [-0.2, -0.15) is 0 Å². The fourth-order valence-electron chi connectivity index (χ4n) is 2.74. The van der Waals surface area contributed by atoms with E-state index in [0.717, 1.165) is 12.8 Å². The van der Waals surface area contributed by atoms with Crippen LogP contribution in [0.5, 0.6) is 0 Å². The first-order valence-electron chi connectivity index (χ1n) is 7.44. The molecule has 0 aromatic heterocycles. The van der Waals surface area contributed by atoms with Crippen LogP contribution in [0.3, 0.4) is 0 Å². The normalized spacial score (nSPS) is 19.5. The molecule has 1 unspecified atom stereocenters. The van der Waals surface area contributed by atoms with Crippen LogP contribution in [0.25, 0.3) is 0 Å². The van der Waals surface area contributed by atoms with E-state index < -0.39 is 5.60 Å². The fraction of sp³-hybridized carbons (Fsp3) is 0.933. The standard InChI is InChI=1S/C15H29NO3/c1-12(14(18)19-15(2,3)4)16(10-11-17)13-8-6-5-7-9-13/h12-13,17H,5-11H2,1-4H3. The number of nitrogens with zero attached hydrogens (tertiary/aromatic N) is 1. The van der Waals surface area contributed by atoms with Crippen LogP contribution in [0.2, 0.25) is 0 Å². The Morgan fingerprint density at radius 2 is 1.89 bits per heavy atom. The molecule has 0 radical (unpaired) electrons. The number of hydrogen-bond donors (Lipinski definition) is 1. The van der Waals surface area contributed by atoms with Gasteiger partial charge in [-0.15, -0.1) is 0 Å². The van der Waals surface area contributed by atoms with E-state index in [1.165, 1.54) is 19.3 Å². The van der Waals surface area contributed by atoms with Crippen molar-refractivity contribution in [1.29, 1.82) is 0 Å². The summed E-state index contributed by atoms with van der Waals surface area (Å²) in [5.41, 5.74) is -0.456. The molecule has 0 heterocycles. The summed E-state index contributed by atoms with van der Waals surface area (Å²) < 4.78 is 5.46. The van der Waals surface area contributed by atoms with E-state index in [2.05, 4.69) is 4.90 Å². The number of carbonyl (C=O) groups excluding carboxylic acids is 1. The van der Waals surface area contributed by atoms with Crippen molar-refractivity contribution < 1.29 is 14.6 Å². The first-order chi connectivity index (χ1) is 8.85. The summed E-state index contributed by atoms with van der Waals surface area (Å²) in [6, 6.07) is 0.123. The van der Waals surface area contributed by atoms with Gasteiger partial charge in [0, 0.05) is 12.6 Å². The summed E-state index contributed by atoms with van der Waals surface area (Å²) in [5, 5.41) is 9.24. The molecular formula is C15H29NO3. The maximum Gasteiger partial charge on any atom is 0.323 e. The Morgan fingerprint density at radius 1 is 1.32 bits per heavy atom. The molecule has 0 amide bonds. The van der Waals surface area contributed by atoms with Crippen molar-refractivity contribution in [3.8, 4) is 0 Å². The molecule has 0 spiro atoms. The van der Waals surface area contributed by atoms with Crippen molar-refractivity contribution in [3.05, 3.63) is 0 Å². The van der Waals surface area contributed by atoms with Crippen molar-refractivity contribution in [2.24, 2.45) is 0 Å². The molecule has 1 fully saturated rings. The van der Waals surface area contributed by atoms with Crippen LogP contribution in [-0.2, 0) is 9.53 Å². The molecule has 0 bridgehead atoms. The number of ether oxygens (including phenoxy) is 1. The first-order valence-corrected chi connectivity index (χ1v) is 7.44. The van der Waals surface area contributed by atoms with Crippen LogP contribution in [-0.4, -0.2) is 46.8 Å². The summed E-state index contributed by atoms with van der Waals surface area (Å²) in [5.74, 6) is -0.188. The molecule has 1 aliphatic rings. The zero-order chi connectivity index (χ0) is 14.5. The predicted molar refractivity (Wildman–Crippen MR) is 76.0 cm³/mol. The van der Waals surface area contributed by atoms with Gasteiger partial charge in [-0.1, -0.05) is 19.3 Å². The number of aliphatic hydroxyl groups excluding tert-OH is 1. The summed E-state index contributed by atoms with van der Waals surface area (Å²) in [7, 11) is 0. The van der Waals surface area contributed by atoms with Gasteiger partial charge in [0.15, 0.2) is 0 Å². The van der Waals surface area contributed by atoms with Gasteiger partial charge in [-0.05, 0) is 40.5 Å². The largest absolute Gasteiger partial charge is 0.459 e. The van der Waals surface area contributed by atoms with E-state index in [0.29, 0.717) is 12.6 Å². The lowest BCUT2D eigenvalue weighted by molar-refractivity contribution is -0.162. The van der Waals surface area contributed by atoms with E-state index >= 15 is 0 Å². The van der Waals surface area contributed by atoms with Gasteiger partial charge < -0.3 is 9.84 Å². The molecule has 1 aliphatic carbocycles. The van der Waals surface area contributed by atoms with Crippen LogP contribution in [0, 0.1) is 0 Å². The molecule has 19 heavy (non-hydrogen) atoms. The van der Waals surface area contributed by atoms with E-state index in [1.54, 1.807) is 0 Å². The SMILES string of the molecule is CC(C(=O)OC(C)(C)C)N(CCO)C1CCCCC1. The van der Waals surface area contributed by atoms with Crippen LogP contribution in [0.4, 0.5) is 0 Å². The third-order valence-electron chi connectivity index (χ3n) is 3.65. The highest BCUT2D eigenvalue weighted by Gasteiger charge is 2.31. The Hall–Kier alpha value is -0.610. The molecule has 0 saturated heterocycles. The fourth-order valence-corrected chi connectivity index (χ4v) is 2.74. The quantitative estimate of drug-likeness (QED) is 0.780. The van der Waals surface area contributed by atoms with Gasteiger partial charge in [0.1, 0.15) is 11.6 Å². The summed E-state index contributed by atoms with van der Waals surface area (Å²) in [6.07, 6.45) is 5.95. The third-order valence-corrected chi connectivity index (χ3v) is 3.65. The molecular weight excluding hydrogens is 242 g/mol. The van der Waals surface area contributed by atoms with Gasteiger partial charge in [0.05, 0.1) is 6.61 Å². The summed E-state index contributed by atoms with van der Waals surface area (Å²) >= 11 is 0. The number of esters is 1. The Bertz CT molecular complexity index is 280. The molecule has 1 saturated carbocycles. The Kier molecular flexibility index (Phi) is 6.27. The average molecular weight is 271 g/mol. The Labute approximate surface area is 117 Å². The van der Waals surface area contributed by atoms with Gasteiger partial charge >= 0.3 is 5.97 Å². The molecule has 1 atom stereocenters. The number of rotatable bonds is 5. The molecule has 0 aromatic carbocycles. The van der Waals surface area contributed by atoms with E-state index in [1.807, 2.05) is 27.7 Å². The van der Waals surface area contributed by atoms with Crippen LogP contribution in [0.1, 0.15) is 59.8 Å². The minimum Gasteiger partial charge on any atom is -0.459 e. The minimum absolute atomic E-state index is 0.0869. The lowest BCUT2D eigenvalue weighted by Gasteiger charge is -2.38. The molecule has 112 valence electrons. The highest BCUT2D eigenvalue weighted by atomic mass is 16.6. The molecule has 1 rings (SSSR count). The lowest BCUT2D eigenvalue weighted by atomic mass is 9.93. The van der Waals surface area contributed by atoms with Crippen molar-refractivity contribution in [1.82, 2.24) is 4.90 Å². The topological polar surface area (TPSA) is 49.8 Å². The number of hydrogen-bond acceptors (Lipinski definition) is 4. The minimum atomic E-state index is -0.456. The molecule has 4 nitrogen and oxygen atoms in total. The van der Waals surface area contributed by atoms with Crippen molar-refractivity contribution in [3.63, 3.8) is 0 Å². The van der Waals surface area contributed by atoms with Gasteiger partial charge in [0.25, 0.3) is 0 Å². The second kappa shape index (κ2) is 7.25. The first kappa shape index (κ1) is 16.4. The van der Waals surface area contributed by atoms with Gasteiger partial charge in [-0.3, -0.25) is 9.69 Å². The monoisotopic (exact) mass is 271 g/mol.